The second-order valence-corrected chi connectivity index (χ2v) is 5.03. The monoisotopic (exact) mass is 329 g/mol. The SMILES string of the molecule is COc1ccc(C(C#N)C(=O)c2ccccc2Br)cc1. The van der Waals surface area contributed by atoms with Crippen LogP contribution in [-0.4, -0.2) is 12.9 Å². The average Bonchev–Trinajstić information content (AvgIpc) is 2.49. The topological polar surface area (TPSA) is 50.1 Å². The molecule has 3 nitrogen and oxygen atoms in total. The molecule has 0 aliphatic carbocycles. The average molecular weight is 330 g/mol. The Labute approximate surface area is 125 Å². The zero-order chi connectivity index (χ0) is 14.5. The Morgan fingerprint density at radius 2 is 1.85 bits per heavy atom. The molecular formula is C16H12BrNO2. The molecule has 2 aromatic rings. The van der Waals surface area contributed by atoms with Gasteiger partial charge in [-0.2, -0.15) is 5.26 Å². The van der Waals surface area contributed by atoms with Crippen LogP contribution in [0.1, 0.15) is 21.8 Å². The smallest absolute Gasteiger partial charge is 0.185 e. The van der Waals surface area contributed by atoms with E-state index >= 15 is 0 Å². The standard InChI is InChI=1S/C16H12BrNO2/c1-20-12-8-6-11(7-9-12)14(10-18)16(19)13-4-2-3-5-15(13)17/h2-9,14H,1H3. The van der Waals surface area contributed by atoms with E-state index in [1.165, 1.54) is 0 Å². The van der Waals surface area contributed by atoms with Crippen molar-refractivity contribution in [1.82, 2.24) is 0 Å². The molecule has 0 aliphatic rings. The molecule has 0 aromatic heterocycles. The summed E-state index contributed by atoms with van der Waals surface area (Å²) in [6.07, 6.45) is 0. The van der Waals surface area contributed by atoms with Crippen molar-refractivity contribution in [2.24, 2.45) is 0 Å². The van der Waals surface area contributed by atoms with Crippen LogP contribution in [0.2, 0.25) is 0 Å². The van der Waals surface area contributed by atoms with Crippen molar-refractivity contribution in [3.63, 3.8) is 0 Å². The Bertz CT molecular complexity index is 659. The number of benzene rings is 2. The van der Waals surface area contributed by atoms with Crippen molar-refractivity contribution in [1.29, 1.82) is 5.26 Å². The van der Waals surface area contributed by atoms with E-state index in [0.717, 1.165) is 0 Å². The number of hydrogen-bond donors (Lipinski definition) is 0. The number of hydrogen-bond acceptors (Lipinski definition) is 3. The van der Waals surface area contributed by atoms with E-state index in [1.54, 1.807) is 49.6 Å². The molecule has 0 saturated heterocycles. The van der Waals surface area contributed by atoms with Crippen molar-refractivity contribution in [2.75, 3.05) is 7.11 Å². The summed E-state index contributed by atoms with van der Waals surface area (Å²) in [4.78, 5) is 12.5. The van der Waals surface area contributed by atoms with E-state index in [0.29, 0.717) is 21.3 Å². The zero-order valence-corrected chi connectivity index (χ0v) is 12.4. The van der Waals surface area contributed by atoms with Crippen LogP contribution in [0.5, 0.6) is 5.75 Å². The van der Waals surface area contributed by atoms with Crippen LogP contribution in [0.3, 0.4) is 0 Å². The van der Waals surface area contributed by atoms with Gasteiger partial charge in [-0.3, -0.25) is 4.79 Å². The maximum Gasteiger partial charge on any atom is 0.185 e. The van der Waals surface area contributed by atoms with Gasteiger partial charge in [0, 0.05) is 10.0 Å². The van der Waals surface area contributed by atoms with E-state index in [2.05, 4.69) is 22.0 Å². The molecule has 0 spiro atoms. The van der Waals surface area contributed by atoms with Crippen molar-refractivity contribution in [3.8, 4) is 11.8 Å². The molecule has 0 heterocycles. The van der Waals surface area contributed by atoms with Crippen LogP contribution in [0.25, 0.3) is 0 Å². The Balaban J connectivity index is 2.35. The fraction of sp³-hybridized carbons (Fsp3) is 0.125. The number of nitriles is 1. The van der Waals surface area contributed by atoms with Gasteiger partial charge >= 0.3 is 0 Å². The van der Waals surface area contributed by atoms with Gasteiger partial charge in [0.2, 0.25) is 0 Å². The van der Waals surface area contributed by atoms with Crippen molar-refractivity contribution >= 4 is 21.7 Å². The fourth-order valence-electron chi connectivity index (χ4n) is 1.90. The van der Waals surface area contributed by atoms with Gasteiger partial charge in [-0.05, 0) is 23.8 Å². The van der Waals surface area contributed by atoms with E-state index < -0.39 is 5.92 Å². The first-order chi connectivity index (χ1) is 9.67. The highest BCUT2D eigenvalue weighted by molar-refractivity contribution is 9.10. The molecule has 4 heteroatoms. The highest BCUT2D eigenvalue weighted by Crippen LogP contribution is 2.26. The highest BCUT2D eigenvalue weighted by Gasteiger charge is 2.23. The third-order valence-corrected chi connectivity index (χ3v) is 3.67. The van der Waals surface area contributed by atoms with Gasteiger partial charge in [0.05, 0.1) is 13.2 Å². The maximum absolute atomic E-state index is 12.5. The molecule has 0 N–H and O–H groups in total. The van der Waals surface area contributed by atoms with Crippen molar-refractivity contribution in [3.05, 3.63) is 64.1 Å². The van der Waals surface area contributed by atoms with Gasteiger partial charge in [0.15, 0.2) is 5.78 Å². The number of rotatable bonds is 4. The number of carbonyl (C=O) groups excluding carboxylic acids is 1. The quantitative estimate of drug-likeness (QED) is 0.798. The van der Waals surface area contributed by atoms with Crippen LogP contribution in [-0.2, 0) is 0 Å². The first-order valence-corrected chi connectivity index (χ1v) is 6.79. The predicted molar refractivity (Wildman–Crippen MR) is 79.8 cm³/mol. The summed E-state index contributed by atoms with van der Waals surface area (Å²) in [7, 11) is 1.57. The van der Waals surface area contributed by atoms with Gasteiger partial charge in [0.1, 0.15) is 11.7 Å². The van der Waals surface area contributed by atoms with Gasteiger partial charge < -0.3 is 4.74 Å². The summed E-state index contributed by atoms with van der Waals surface area (Å²) in [5.74, 6) is -0.344. The fourth-order valence-corrected chi connectivity index (χ4v) is 2.38. The van der Waals surface area contributed by atoms with E-state index in [9.17, 15) is 10.1 Å². The van der Waals surface area contributed by atoms with Gasteiger partial charge in [-0.1, -0.05) is 46.3 Å². The maximum atomic E-state index is 12.5. The minimum absolute atomic E-state index is 0.217. The lowest BCUT2D eigenvalue weighted by atomic mass is 9.92. The summed E-state index contributed by atoms with van der Waals surface area (Å²) in [6.45, 7) is 0. The van der Waals surface area contributed by atoms with Crippen LogP contribution >= 0.6 is 15.9 Å². The molecule has 0 saturated carbocycles. The second kappa shape index (κ2) is 6.36. The summed E-state index contributed by atoms with van der Waals surface area (Å²) in [6, 6.07) is 16.1. The Morgan fingerprint density at radius 3 is 2.40 bits per heavy atom. The molecule has 2 aromatic carbocycles. The third-order valence-electron chi connectivity index (χ3n) is 2.98. The summed E-state index contributed by atoms with van der Waals surface area (Å²) < 4.78 is 5.76. The highest BCUT2D eigenvalue weighted by atomic mass is 79.9. The van der Waals surface area contributed by atoms with Gasteiger partial charge in [-0.25, -0.2) is 0 Å². The molecular weight excluding hydrogens is 318 g/mol. The minimum atomic E-state index is -0.820. The molecule has 2 rings (SSSR count). The molecule has 0 aliphatic heterocycles. The normalized spacial score (nSPS) is 11.4. The minimum Gasteiger partial charge on any atom is -0.497 e. The Morgan fingerprint density at radius 1 is 1.20 bits per heavy atom. The molecule has 0 radical (unpaired) electrons. The van der Waals surface area contributed by atoms with Crippen LogP contribution in [0, 0.1) is 11.3 Å². The lowest BCUT2D eigenvalue weighted by Crippen LogP contribution is -2.11. The van der Waals surface area contributed by atoms with Crippen LogP contribution in [0.4, 0.5) is 0 Å². The van der Waals surface area contributed by atoms with E-state index in [4.69, 9.17) is 4.74 Å². The first-order valence-electron chi connectivity index (χ1n) is 5.99. The Kier molecular flexibility index (Phi) is 4.54. The molecule has 0 fully saturated rings. The lowest BCUT2D eigenvalue weighted by Gasteiger charge is -2.10. The number of nitrogens with zero attached hydrogens (tertiary/aromatic N) is 1. The second-order valence-electron chi connectivity index (χ2n) is 4.18. The van der Waals surface area contributed by atoms with E-state index in [1.807, 2.05) is 6.07 Å². The molecule has 20 heavy (non-hydrogen) atoms. The summed E-state index contributed by atoms with van der Waals surface area (Å²) >= 11 is 3.34. The predicted octanol–water partition coefficient (Wildman–Crippen LogP) is 3.95. The largest absolute Gasteiger partial charge is 0.497 e. The van der Waals surface area contributed by atoms with Gasteiger partial charge in [-0.15, -0.1) is 0 Å². The lowest BCUT2D eigenvalue weighted by molar-refractivity contribution is 0.0978. The molecule has 0 amide bonds. The van der Waals surface area contributed by atoms with Crippen LogP contribution in [0.15, 0.2) is 53.0 Å². The summed E-state index contributed by atoms with van der Waals surface area (Å²) in [5, 5.41) is 9.31. The van der Waals surface area contributed by atoms with E-state index in [-0.39, 0.29) is 5.78 Å². The third kappa shape index (κ3) is 2.89. The van der Waals surface area contributed by atoms with Gasteiger partial charge in [0.25, 0.3) is 0 Å². The van der Waals surface area contributed by atoms with Crippen molar-refractivity contribution < 1.29 is 9.53 Å². The molecule has 100 valence electrons. The number of ether oxygens (including phenoxy) is 1. The summed E-state index contributed by atoms with van der Waals surface area (Å²) in [5.41, 5.74) is 1.17. The number of Topliss-reactive ketones (excluding diaryl/α,β-unsaturated/α-hetero) is 1. The van der Waals surface area contributed by atoms with Crippen LogP contribution < -0.4 is 4.74 Å². The Hall–Kier alpha value is -2.12. The number of methoxy groups -OCH3 is 1. The number of halogens is 1. The molecule has 1 atom stereocenters. The molecule has 0 bridgehead atoms. The first kappa shape index (κ1) is 14.3. The molecule has 1 unspecified atom stereocenters. The number of ketones is 1. The zero-order valence-electron chi connectivity index (χ0n) is 10.8. The van der Waals surface area contributed by atoms with Crippen molar-refractivity contribution in [2.45, 2.75) is 5.92 Å². The number of carbonyl (C=O) groups is 1.